The summed E-state index contributed by atoms with van der Waals surface area (Å²) in [6.07, 6.45) is 2.19. The molecule has 2 fully saturated rings. The van der Waals surface area contributed by atoms with Crippen LogP contribution in [-0.4, -0.2) is 68.1 Å². The molecule has 0 aromatic carbocycles. The molecule has 7 heteroatoms. The van der Waals surface area contributed by atoms with E-state index in [1.165, 1.54) is 12.0 Å². The van der Waals surface area contributed by atoms with Gasteiger partial charge in [0.1, 0.15) is 6.61 Å². The van der Waals surface area contributed by atoms with E-state index in [4.69, 9.17) is 10.5 Å². The van der Waals surface area contributed by atoms with Crippen molar-refractivity contribution in [3.05, 3.63) is 0 Å². The molecule has 0 aromatic rings. The lowest BCUT2D eigenvalue weighted by Gasteiger charge is -2.22. The van der Waals surface area contributed by atoms with Gasteiger partial charge in [0.15, 0.2) is 0 Å². The maximum absolute atomic E-state index is 12.2. The third kappa shape index (κ3) is 3.62. The van der Waals surface area contributed by atoms with Crippen molar-refractivity contribution in [2.75, 3.05) is 40.4 Å². The molecule has 0 aromatic heterocycles. The summed E-state index contributed by atoms with van der Waals surface area (Å²) in [7, 11) is 3.10. The Bertz CT molecular complexity index is 367. The number of hydrogen-bond donors (Lipinski definition) is 1. The molecule has 2 N–H and O–H groups in total. The van der Waals surface area contributed by atoms with E-state index in [9.17, 15) is 9.59 Å². The van der Waals surface area contributed by atoms with Gasteiger partial charge in [0.25, 0.3) is 0 Å². The van der Waals surface area contributed by atoms with E-state index >= 15 is 0 Å². The zero-order chi connectivity index (χ0) is 14.0. The normalized spacial score (nSPS) is 27.9. The third-order valence-electron chi connectivity index (χ3n) is 4.33. The van der Waals surface area contributed by atoms with Crippen LogP contribution in [0, 0.1) is 11.8 Å². The van der Waals surface area contributed by atoms with E-state index in [1.54, 1.807) is 7.05 Å². The van der Waals surface area contributed by atoms with Gasteiger partial charge in [-0.05, 0) is 24.7 Å². The maximum Gasteiger partial charge on any atom is 0.248 e. The number of ether oxygens (including phenoxy) is 1. The summed E-state index contributed by atoms with van der Waals surface area (Å²) in [6, 6.07) is 0.232. The Hall–Kier alpha value is -0.850. The molecule has 1 aliphatic heterocycles. The van der Waals surface area contributed by atoms with E-state index in [-0.39, 0.29) is 43.4 Å². The molecule has 6 nitrogen and oxygen atoms in total. The Balaban J connectivity index is 0.00000200. The fourth-order valence-electron chi connectivity index (χ4n) is 3.14. The van der Waals surface area contributed by atoms with Crippen LogP contribution in [-0.2, 0) is 14.3 Å². The number of likely N-dealkylation sites (tertiary alicyclic amines) is 1. The summed E-state index contributed by atoms with van der Waals surface area (Å²) < 4.78 is 4.77. The van der Waals surface area contributed by atoms with Crippen molar-refractivity contribution in [1.82, 2.24) is 9.80 Å². The molecule has 1 saturated heterocycles. The third-order valence-corrected chi connectivity index (χ3v) is 4.33. The monoisotopic (exact) mass is 305 g/mol. The zero-order valence-electron chi connectivity index (χ0n) is 12.1. The van der Waals surface area contributed by atoms with Gasteiger partial charge >= 0.3 is 0 Å². The van der Waals surface area contributed by atoms with Crippen molar-refractivity contribution in [3.63, 3.8) is 0 Å². The first-order valence-corrected chi connectivity index (χ1v) is 6.79. The number of methoxy groups -OCH3 is 1. The molecular formula is C13H24ClN3O3. The fourth-order valence-corrected chi connectivity index (χ4v) is 3.14. The highest BCUT2D eigenvalue weighted by Crippen LogP contribution is 2.37. The molecule has 2 rings (SSSR count). The minimum atomic E-state index is -0.174. The number of hydrogen-bond acceptors (Lipinski definition) is 4. The Morgan fingerprint density at radius 3 is 2.65 bits per heavy atom. The summed E-state index contributed by atoms with van der Waals surface area (Å²) in [5, 5.41) is 0. The average Bonchev–Trinajstić information content (AvgIpc) is 2.92. The molecule has 1 heterocycles. The average molecular weight is 306 g/mol. The SMILES string of the molecule is COCC(=O)N(C)CC(=O)N1CC2CCC(N)C2C1.Cl. The lowest BCUT2D eigenvalue weighted by Crippen LogP contribution is -2.42. The quantitative estimate of drug-likeness (QED) is 0.774. The van der Waals surface area contributed by atoms with Crippen molar-refractivity contribution in [2.45, 2.75) is 18.9 Å². The van der Waals surface area contributed by atoms with Gasteiger partial charge in [-0.2, -0.15) is 0 Å². The van der Waals surface area contributed by atoms with E-state index in [1.807, 2.05) is 4.90 Å². The summed E-state index contributed by atoms with van der Waals surface area (Å²) in [5.74, 6) is 0.836. The Morgan fingerprint density at radius 1 is 1.35 bits per heavy atom. The number of halogens is 1. The lowest BCUT2D eigenvalue weighted by atomic mass is 9.98. The molecule has 116 valence electrons. The molecule has 3 unspecified atom stereocenters. The molecule has 0 radical (unpaired) electrons. The second-order valence-corrected chi connectivity index (χ2v) is 5.65. The van der Waals surface area contributed by atoms with Crippen LogP contribution in [0.4, 0.5) is 0 Å². The van der Waals surface area contributed by atoms with Gasteiger partial charge < -0.3 is 20.3 Å². The summed E-state index contributed by atoms with van der Waals surface area (Å²) >= 11 is 0. The van der Waals surface area contributed by atoms with Crippen LogP contribution >= 0.6 is 12.4 Å². The first-order chi connectivity index (χ1) is 9.02. The van der Waals surface area contributed by atoms with Crippen molar-refractivity contribution in [2.24, 2.45) is 17.6 Å². The second kappa shape index (κ2) is 7.24. The Morgan fingerprint density at radius 2 is 2.05 bits per heavy atom. The van der Waals surface area contributed by atoms with Crippen molar-refractivity contribution < 1.29 is 14.3 Å². The van der Waals surface area contributed by atoms with Gasteiger partial charge in [0.05, 0.1) is 6.54 Å². The van der Waals surface area contributed by atoms with Crippen LogP contribution in [0.2, 0.25) is 0 Å². The molecule has 1 aliphatic carbocycles. The highest BCUT2D eigenvalue weighted by molar-refractivity contribution is 5.85. The van der Waals surface area contributed by atoms with Crippen molar-refractivity contribution in [1.29, 1.82) is 0 Å². The van der Waals surface area contributed by atoms with E-state index < -0.39 is 0 Å². The van der Waals surface area contributed by atoms with Crippen LogP contribution < -0.4 is 5.73 Å². The second-order valence-electron chi connectivity index (χ2n) is 5.65. The summed E-state index contributed by atoms with van der Waals surface area (Å²) in [5.41, 5.74) is 6.05. The number of carbonyl (C=O) groups is 2. The summed E-state index contributed by atoms with van der Waals surface area (Å²) in [4.78, 5) is 27.0. The molecule has 1 saturated carbocycles. The Labute approximate surface area is 126 Å². The van der Waals surface area contributed by atoms with Crippen LogP contribution in [0.15, 0.2) is 0 Å². The van der Waals surface area contributed by atoms with Crippen LogP contribution in [0.1, 0.15) is 12.8 Å². The number of fused-ring (bicyclic) bond motifs is 1. The predicted molar refractivity (Wildman–Crippen MR) is 77.5 cm³/mol. The maximum atomic E-state index is 12.2. The molecular weight excluding hydrogens is 282 g/mol. The van der Waals surface area contributed by atoms with Gasteiger partial charge in [-0.25, -0.2) is 0 Å². The predicted octanol–water partition coefficient (Wildman–Crippen LogP) is -0.291. The Kier molecular flexibility index (Phi) is 6.23. The van der Waals surface area contributed by atoms with E-state index in [2.05, 4.69) is 0 Å². The number of nitrogens with zero attached hydrogens (tertiary/aromatic N) is 2. The number of rotatable bonds is 4. The van der Waals surface area contributed by atoms with Gasteiger partial charge in [-0.1, -0.05) is 0 Å². The van der Waals surface area contributed by atoms with Crippen molar-refractivity contribution in [3.8, 4) is 0 Å². The van der Waals surface area contributed by atoms with Gasteiger partial charge in [0.2, 0.25) is 11.8 Å². The van der Waals surface area contributed by atoms with E-state index in [0.717, 1.165) is 25.9 Å². The summed E-state index contributed by atoms with van der Waals surface area (Å²) in [6.45, 7) is 1.68. The molecule has 2 aliphatic rings. The first kappa shape index (κ1) is 17.2. The van der Waals surface area contributed by atoms with Crippen LogP contribution in [0.3, 0.4) is 0 Å². The molecule has 0 bridgehead atoms. The molecule has 20 heavy (non-hydrogen) atoms. The lowest BCUT2D eigenvalue weighted by molar-refractivity contribution is -0.141. The number of carbonyl (C=O) groups excluding carboxylic acids is 2. The minimum Gasteiger partial charge on any atom is -0.375 e. The topological polar surface area (TPSA) is 75.9 Å². The van der Waals surface area contributed by atoms with Crippen LogP contribution in [0.25, 0.3) is 0 Å². The number of amides is 2. The molecule has 2 amide bonds. The molecule has 3 atom stereocenters. The number of likely N-dealkylation sites (N-methyl/N-ethyl adjacent to an activating group) is 1. The van der Waals surface area contributed by atoms with Gasteiger partial charge in [-0.15, -0.1) is 12.4 Å². The smallest absolute Gasteiger partial charge is 0.248 e. The highest BCUT2D eigenvalue weighted by Gasteiger charge is 2.42. The van der Waals surface area contributed by atoms with Gasteiger partial charge in [0, 0.05) is 33.3 Å². The highest BCUT2D eigenvalue weighted by atomic mass is 35.5. The van der Waals surface area contributed by atoms with Crippen molar-refractivity contribution >= 4 is 24.2 Å². The standard InChI is InChI=1S/C13H23N3O3.ClH/c1-15(13(18)8-19-2)7-12(17)16-5-9-3-4-11(14)10(9)6-16;/h9-11H,3-8,14H2,1-2H3;1H. The minimum absolute atomic E-state index is 0. The first-order valence-electron chi connectivity index (χ1n) is 6.79. The van der Waals surface area contributed by atoms with Gasteiger partial charge in [-0.3, -0.25) is 9.59 Å². The largest absolute Gasteiger partial charge is 0.375 e. The van der Waals surface area contributed by atoms with Crippen LogP contribution in [0.5, 0.6) is 0 Å². The van der Waals surface area contributed by atoms with E-state index in [0.29, 0.717) is 11.8 Å². The molecule has 0 spiro atoms. The fraction of sp³-hybridized carbons (Fsp3) is 0.846. The zero-order valence-corrected chi connectivity index (χ0v) is 12.9. The number of nitrogens with two attached hydrogens (primary N) is 1.